The Morgan fingerprint density at radius 3 is 2.71 bits per heavy atom. The molecule has 1 saturated heterocycles. The van der Waals surface area contributed by atoms with E-state index in [1.165, 1.54) is 15.6 Å². The molecule has 0 unspecified atom stereocenters. The number of benzene rings is 1. The summed E-state index contributed by atoms with van der Waals surface area (Å²) >= 11 is 1.38. The predicted molar refractivity (Wildman–Crippen MR) is 135 cm³/mol. The number of carbonyl (C=O) groups is 1. The van der Waals surface area contributed by atoms with Gasteiger partial charge in [-0.2, -0.15) is 0 Å². The van der Waals surface area contributed by atoms with Crippen molar-refractivity contribution in [3.63, 3.8) is 0 Å². The number of sulfonamides is 1. The Hall–Kier alpha value is -3.57. The minimum atomic E-state index is -3.29. The van der Waals surface area contributed by atoms with E-state index in [2.05, 4.69) is 25.6 Å². The van der Waals surface area contributed by atoms with Gasteiger partial charge in [-0.3, -0.25) is 14.6 Å². The number of fused-ring (bicyclic) bond motifs is 1. The van der Waals surface area contributed by atoms with Gasteiger partial charge < -0.3 is 5.32 Å². The molecule has 9 nitrogen and oxygen atoms in total. The van der Waals surface area contributed by atoms with E-state index in [-0.39, 0.29) is 11.8 Å². The van der Waals surface area contributed by atoms with Gasteiger partial charge in [0.25, 0.3) is 0 Å². The number of thiazole rings is 1. The summed E-state index contributed by atoms with van der Waals surface area (Å²) in [4.78, 5) is 25.5. The molecular weight excluding hydrogens is 472 g/mol. The number of hydrogen-bond acceptors (Lipinski definition) is 7. The summed E-state index contributed by atoms with van der Waals surface area (Å²) in [6.07, 6.45) is 4.01. The largest absolute Gasteiger partial charge is 0.338 e. The SMILES string of the molecule is CCNC(=O)Nc1nc2cc(-c3ccc(N4CCCS4(=O)=O)nc3)cc(-c3ccccn3)c2s1. The summed E-state index contributed by atoms with van der Waals surface area (Å²) in [5.41, 5.74) is 4.09. The molecule has 4 aromatic rings. The molecule has 1 aromatic carbocycles. The highest BCUT2D eigenvalue weighted by Gasteiger charge is 2.29. The number of hydrogen-bond donors (Lipinski definition) is 2. The molecule has 2 N–H and O–H groups in total. The normalized spacial score (nSPS) is 14.9. The fraction of sp³-hybridized carbons (Fsp3) is 0.217. The molecule has 0 spiro atoms. The van der Waals surface area contributed by atoms with Crippen LogP contribution in [-0.4, -0.2) is 48.2 Å². The average Bonchev–Trinajstić information content (AvgIpc) is 3.40. The topological polar surface area (TPSA) is 117 Å². The van der Waals surface area contributed by atoms with Crippen LogP contribution in [0.5, 0.6) is 0 Å². The minimum absolute atomic E-state index is 0.150. The van der Waals surface area contributed by atoms with Crippen molar-refractivity contribution >= 4 is 48.6 Å². The van der Waals surface area contributed by atoms with Crippen LogP contribution in [0.25, 0.3) is 32.6 Å². The smallest absolute Gasteiger partial charge is 0.321 e. The van der Waals surface area contributed by atoms with Gasteiger partial charge in [-0.25, -0.2) is 23.2 Å². The van der Waals surface area contributed by atoms with E-state index in [1.807, 2.05) is 43.3 Å². The van der Waals surface area contributed by atoms with Crippen molar-refractivity contribution in [3.8, 4) is 22.4 Å². The molecule has 0 saturated carbocycles. The number of pyridine rings is 2. The molecule has 0 aliphatic carbocycles. The van der Waals surface area contributed by atoms with E-state index in [1.54, 1.807) is 18.5 Å². The van der Waals surface area contributed by atoms with Crippen molar-refractivity contribution in [2.75, 3.05) is 28.5 Å². The summed E-state index contributed by atoms with van der Waals surface area (Å²) in [7, 11) is -3.29. The molecule has 0 radical (unpaired) electrons. The molecule has 0 bridgehead atoms. The van der Waals surface area contributed by atoms with E-state index in [0.717, 1.165) is 32.6 Å². The highest BCUT2D eigenvalue weighted by molar-refractivity contribution is 7.93. The zero-order valence-corrected chi connectivity index (χ0v) is 20.0. The molecule has 1 fully saturated rings. The maximum Gasteiger partial charge on any atom is 0.321 e. The van der Waals surface area contributed by atoms with Crippen LogP contribution in [0.4, 0.5) is 15.7 Å². The molecular formula is C23H22N6O3S2. The molecule has 11 heteroatoms. The standard InChI is InChI=1S/C23H22N6O3S2/c1-2-24-22(30)28-23-27-19-13-16(12-17(21(19)33-23)18-6-3-4-9-25-18)15-7-8-20(26-14-15)29-10-5-11-34(29,31)32/h3-4,6-9,12-14H,2,5,10-11H2,1H3,(H2,24,27,28,30). The van der Waals surface area contributed by atoms with E-state index >= 15 is 0 Å². The quantitative estimate of drug-likeness (QED) is 0.431. The third kappa shape index (κ3) is 4.31. The number of rotatable bonds is 5. The zero-order valence-electron chi connectivity index (χ0n) is 18.4. The molecule has 34 heavy (non-hydrogen) atoms. The lowest BCUT2D eigenvalue weighted by molar-refractivity contribution is 0.252. The van der Waals surface area contributed by atoms with Gasteiger partial charge in [0.05, 0.1) is 21.7 Å². The molecule has 4 heterocycles. The van der Waals surface area contributed by atoms with Gasteiger partial charge in [0.2, 0.25) is 10.0 Å². The summed E-state index contributed by atoms with van der Waals surface area (Å²) < 4.78 is 26.7. The van der Waals surface area contributed by atoms with Gasteiger partial charge in [0.1, 0.15) is 5.82 Å². The van der Waals surface area contributed by atoms with Crippen molar-refractivity contribution in [2.24, 2.45) is 0 Å². The highest BCUT2D eigenvalue weighted by atomic mass is 32.2. The Kier molecular flexibility index (Phi) is 5.88. The monoisotopic (exact) mass is 494 g/mol. The Bertz CT molecular complexity index is 1450. The lowest BCUT2D eigenvalue weighted by Crippen LogP contribution is -2.28. The van der Waals surface area contributed by atoms with Gasteiger partial charge in [-0.05, 0) is 55.3 Å². The van der Waals surface area contributed by atoms with Crippen LogP contribution in [-0.2, 0) is 10.0 Å². The lowest BCUT2D eigenvalue weighted by atomic mass is 10.0. The fourth-order valence-corrected chi connectivity index (χ4v) is 6.35. The molecule has 1 aliphatic rings. The average molecular weight is 495 g/mol. The van der Waals surface area contributed by atoms with Crippen molar-refractivity contribution in [3.05, 3.63) is 54.9 Å². The molecule has 174 valence electrons. The number of amides is 2. The van der Waals surface area contributed by atoms with Crippen LogP contribution in [0.1, 0.15) is 13.3 Å². The zero-order chi connectivity index (χ0) is 23.7. The van der Waals surface area contributed by atoms with Gasteiger partial charge >= 0.3 is 6.03 Å². The second-order valence-electron chi connectivity index (χ2n) is 7.74. The van der Waals surface area contributed by atoms with E-state index < -0.39 is 10.0 Å². The number of aromatic nitrogens is 3. The van der Waals surface area contributed by atoms with Gasteiger partial charge in [-0.15, -0.1) is 0 Å². The number of urea groups is 1. The number of nitrogens with zero attached hydrogens (tertiary/aromatic N) is 4. The Morgan fingerprint density at radius 1 is 1.15 bits per heavy atom. The Balaban J connectivity index is 1.56. The van der Waals surface area contributed by atoms with Crippen molar-refractivity contribution < 1.29 is 13.2 Å². The molecule has 0 atom stereocenters. The molecule has 2 amide bonds. The summed E-state index contributed by atoms with van der Waals surface area (Å²) in [5.74, 6) is 0.575. The summed E-state index contributed by atoms with van der Waals surface area (Å²) in [6.45, 7) is 2.81. The first-order chi connectivity index (χ1) is 16.4. The Morgan fingerprint density at radius 2 is 2.03 bits per heavy atom. The first-order valence-corrected chi connectivity index (χ1v) is 13.2. The number of carbonyl (C=O) groups excluding carboxylic acids is 1. The highest BCUT2D eigenvalue weighted by Crippen LogP contribution is 2.38. The number of nitrogens with one attached hydrogen (secondary N) is 2. The third-order valence-corrected chi connectivity index (χ3v) is 8.29. The first-order valence-electron chi connectivity index (χ1n) is 10.8. The summed E-state index contributed by atoms with van der Waals surface area (Å²) in [5, 5.41) is 5.97. The molecule has 3 aromatic heterocycles. The maximum absolute atomic E-state index is 12.2. The van der Waals surface area contributed by atoms with Crippen LogP contribution >= 0.6 is 11.3 Å². The van der Waals surface area contributed by atoms with Gasteiger partial charge in [0.15, 0.2) is 5.13 Å². The van der Waals surface area contributed by atoms with E-state index in [0.29, 0.717) is 30.5 Å². The lowest BCUT2D eigenvalue weighted by Gasteiger charge is -2.16. The van der Waals surface area contributed by atoms with Crippen LogP contribution in [0.15, 0.2) is 54.9 Å². The van der Waals surface area contributed by atoms with Crippen LogP contribution in [0.3, 0.4) is 0 Å². The van der Waals surface area contributed by atoms with E-state index in [4.69, 9.17) is 0 Å². The minimum Gasteiger partial charge on any atom is -0.338 e. The van der Waals surface area contributed by atoms with Gasteiger partial charge in [0, 0.05) is 36.6 Å². The van der Waals surface area contributed by atoms with Crippen molar-refractivity contribution in [1.29, 1.82) is 0 Å². The fourth-order valence-electron chi connectivity index (χ4n) is 3.87. The second kappa shape index (κ2) is 8.99. The van der Waals surface area contributed by atoms with Crippen LogP contribution < -0.4 is 14.9 Å². The molecule has 1 aliphatic heterocycles. The second-order valence-corrected chi connectivity index (χ2v) is 10.7. The van der Waals surface area contributed by atoms with Gasteiger partial charge in [-0.1, -0.05) is 17.4 Å². The van der Waals surface area contributed by atoms with Crippen LogP contribution in [0.2, 0.25) is 0 Å². The van der Waals surface area contributed by atoms with Crippen molar-refractivity contribution in [2.45, 2.75) is 13.3 Å². The first kappa shape index (κ1) is 22.2. The predicted octanol–water partition coefficient (Wildman–Crippen LogP) is 4.10. The maximum atomic E-state index is 12.2. The molecule has 5 rings (SSSR count). The van der Waals surface area contributed by atoms with Crippen LogP contribution in [0, 0.1) is 0 Å². The third-order valence-electron chi connectivity index (χ3n) is 5.42. The Labute approximate surface area is 200 Å². The van der Waals surface area contributed by atoms with E-state index in [9.17, 15) is 13.2 Å². The number of anilines is 2. The van der Waals surface area contributed by atoms with Crippen molar-refractivity contribution in [1.82, 2.24) is 20.3 Å². The summed E-state index contributed by atoms with van der Waals surface area (Å²) in [6, 6.07) is 12.9.